The smallest absolute Gasteiger partial charge is 0.481 e. The number of benzene rings is 2. The minimum Gasteiger partial charge on any atom is -0.481 e. The molecule has 0 spiro atoms. The largest absolute Gasteiger partial charge is 1.00 e. The number of aryl methyl sites for hydroxylation is 1. The van der Waals surface area contributed by atoms with E-state index in [1.165, 1.54) is 5.56 Å². The molecule has 0 atom stereocenters. The van der Waals surface area contributed by atoms with E-state index in [-0.39, 0.29) is 36.0 Å². The third kappa shape index (κ3) is 3.75. The first kappa shape index (κ1) is 18.8. The van der Waals surface area contributed by atoms with E-state index in [2.05, 4.69) is 41.8 Å². The standard InChI is InChI=1S/C20H21NO2.Na/c1-3-18-17(12-20(22)23)16-11-14(2)9-10-19(16)21(18)13-15-7-5-4-6-8-15;/h4-11H,3,12-13H2,1-2H3,(H,22,23);/q;+1. The fraction of sp³-hybridized carbons (Fsp3) is 0.250. The molecule has 3 nitrogen and oxygen atoms in total. The second kappa shape index (κ2) is 8.02. The summed E-state index contributed by atoms with van der Waals surface area (Å²) in [5.74, 6) is -0.778. The van der Waals surface area contributed by atoms with Crippen molar-refractivity contribution in [1.82, 2.24) is 4.57 Å². The summed E-state index contributed by atoms with van der Waals surface area (Å²) in [6, 6.07) is 16.6. The van der Waals surface area contributed by atoms with E-state index in [1.54, 1.807) is 0 Å². The molecule has 118 valence electrons. The maximum atomic E-state index is 11.3. The molecular formula is C20H21NNaO2+. The van der Waals surface area contributed by atoms with Gasteiger partial charge in [-0.25, -0.2) is 0 Å². The zero-order chi connectivity index (χ0) is 16.4. The molecule has 1 heterocycles. The maximum Gasteiger partial charge on any atom is 1.00 e. The fourth-order valence-corrected chi connectivity index (χ4v) is 3.29. The molecule has 0 saturated carbocycles. The number of carboxylic acid groups (broad SMARTS) is 1. The summed E-state index contributed by atoms with van der Waals surface area (Å²) in [5, 5.41) is 10.4. The van der Waals surface area contributed by atoms with Gasteiger partial charge in [0.05, 0.1) is 6.42 Å². The van der Waals surface area contributed by atoms with Gasteiger partial charge in [-0.3, -0.25) is 4.79 Å². The van der Waals surface area contributed by atoms with Crippen LogP contribution < -0.4 is 29.6 Å². The number of carboxylic acids is 1. The molecule has 0 unspecified atom stereocenters. The van der Waals surface area contributed by atoms with E-state index in [0.29, 0.717) is 0 Å². The predicted octanol–water partition coefficient (Wildman–Crippen LogP) is 1.19. The van der Waals surface area contributed by atoms with Crippen LogP contribution in [0, 0.1) is 6.92 Å². The summed E-state index contributed by atoms with van der Waals surface area (Å²) in [6.45, 7) is 4.90. The van der Waals surface area contributed by atoms with Crippen LogP contribution in [0.15, 0.2) is 48.5 Å². The number of nitrogens with zero attached hydrogens (tertiary/aromatic N) is 1. The SMILES string of the molecule is CCc1c(CC(=O)O)c2cc(C)ccc2n1Cc1ccccc1.[Na+]. The fourth-order valence-electron chi connectivity index (χ4n) is 3.29. The van der Waals surface area contributed by atoms with Crippen LogP contribution in [0.25, 0.3) is 10.9 Å². The monoisotopic (exact) mass is 330 g/mol. The molecule has 1 N–H and O–H groups in total. The molecule has 0 aliphatic carbocycles. The number of hydrogen-bond acceptors (Lipinski definition) is 1. The van der Waals surface area contributed by atoms with E-state index >= 15 is 0 Å². The van der Waals surface area contributed by atoms with Crippen LogP contribution in [0.3, 0.4) is 0 Å². The third-order valence-electron chi connectivity index (χ3n) is 4.29. The van der Waals surface area contributed by atoms with Crippen molar-refractivity contribution >= 4 is 16.9 Å². The van der Waals surface area contributed by atoms with Gasteiger partial charge in [0.25, 0.3) is 0 Å². The summed E-state index contributed by atoms with van der Waals surface area (Å²) < 4.78 is 2.27. The van der Waals surface area contributed by atoms with Gasteiger partial charge in [0.2, 0.25) is 0 Å². The molecule has 0 fully saturated rings. The number of aromatic nitrogens is 1. The van der Waals surface area contributed by atoms with Gasteiger partial charge in [-0.2, -0.15) is 0 Å². The molecule has 0 aliphatic heterocycles. The predicted molar refractivity (Wildman–Crippen MR) is 92.9 cm³/mol. The summed E-state index contributed by atoms with van der Waals surface area (Å²) in [6.07, 6.45) is 0.897. The van der Waals surface area contributed by atoms with Gasteiger partial charge >= 0.3 is 35.5 Å². The zero-order valence-electron chi connectivity index (χ0n) is 14.5. The number of fused-ring (bicyclic) bond motifs is 1. The summed E-state index contributed by atoms with van der Waals surface area (Å²) in [4.78, 5) is 11.3. The van der Waals surface area contributed by atoms with E-state index in [4.69, 9.17) is 0 Å². The second-order valence-electron chi connectivity index (χ2n) is 5.94. The van der Waals surface area contributed by atoms with E-state index in [9.17, 15) is 9.90 Å². The Bertz CT molecular complexity index is 853. The Kier molecular flexibility index (Phi) is 6.27. The van der Waals surface area contributed by atoms with Gasteiger partial charge < -0.3 is 9.67 Å². The molecule has 0 saturated heterocycles. The van der Waals surface area contributed by atoms with Crippen molar-refractivity contribution in [3.05, 3.63) is 70.9 Å². The molecule has 0 amide bonds. The van der Waals surface area contributed by atoms with Crippen LogP contribution in [0.5, 0.6) is 0 Å². The van der Waals surface area contributed by atoms with Crippen molar-refractivity contribution in [2.45, 2.75) is 33.2 Å². The topological polar surface area (TPSA) is 42.2 Å². The van der Waals surface area contributed by atoms with Crippen LogP contribution in [0.2, 0.25) is 0 Å². The molecular weight excluding hydrogens is 309 g/mol. The molecule has 3 rings (SSSR count). The van der Waals surface area contributed by atoms with Gasteiger partial charge in [-0.15, -0.1) is 0 Å². The number of carbonyl (C=O) groups is 1. The van der Waals surface area contributed by atoms with E-state index < -0.39 is 5.97 Å². The van der Waals surface area contributed by atoms with Crippen molar-refractivity contribution < 1.29 is 39.5 Å². The normalized spacial score (nSPS) is 10.6. The van der Waals surface area contributed by atoms with E-state index in [1.807, 2.05) is 25.1 Å². The number of rotatable bonds is 5. The van der Waals surface area contributed by atoms with Crippen molar-refractivity contribution in [2.24, 2.45) is 0 Å². The van der Waals surface area contributed by atoms with Crippen LogP contribution in [-0.4, -0.2) is 15.6 Å². The summed E-state index contributed by atoms with van der Waals surface area (Å²) in [7, 11) is 0. The molecule has 24 heavy (non-hydrogen) atoms. The molecule has 3 aromatic rings. The van der Waals surface area contributed by atoms with E-state index in [0.717, 1.165) is 40.7 Å². The van der Waals surface area contributed by atoms with Crippen molar-refractivity contribution in [3.63, 3.8) is 0 Å². The molecule has 0 bridgehead atoms. The Morgan fingerprint density at radius 3 is 2.46 bits per heavy atom. The summed E-state index contributed by atoms with van der Waals surface area (Å²) >= 11 is 0. The molecule has 2 aromatic carbocycles. The van der Waals surface area contributed by atoms with Gasteiger partial charge in [0, 0.05) is 23.1 Å². The minimum atomic E-state index is -0.778. The Labute approximate surface area is 164 Å². The van der Waals surface area contributed by atoms with Gasteiger partial charge in [-0.1, -0.05) is 48.9 Å². The minimum absolute atomic E-state index is 0. The first-order chi connectivity index (χ1) is 11.1. The second-order valence-corrected chi connectivity index (χ2v) is 5.94. The maximum absolute atomic E-state index is 11.3. The zero-order valence-corrected chi connectivity index (χ0v) is 16.5. The molecule has 4 heteroatoms. The first-order valence-electron chi connectivity index (χ1n) is 7.96. The first-order valence-corrected chi connectivity index (χ1v) is 7.96. The Balaban J connectivity index is 0.00000208. The van der Waals surface area contributed by atoms with Crippen LogP contribution >= 0.6 is 0 Å². The number of hydrogen-bond donors (Lipinski definition) is 1. The number of aliphatic carboxylic acids is 1. The van der Waals surface area contributed by atoms with Gasteiger partial charge in [0.15, 0.2) is 0 Å². The quantitative estimate of drug-likeness (QED) is 0.714. The summed E-state index contributed by atoms with van der Waals surface area (Å²) in [5.41, 5.74) is 5.57. The van der Waals surface area contributed by atoms with Gasteiger partial charge in [-0.05, 0) is 36.6 Å². The Morgan fingerprint density at radius 1 is 1.12 bits per heavy atom. The van der Waals surface area contributed by atoms with Crippen LogP contribution in [-0.2, 0) is 24.2 Å². The molecule has 1 aromatic heterocycles. The van der Waals surface area contributed by atoms with Crippen LogP contribution in [0.4, 0.5) is 0 Å². The third-order valence-corrected chi connectivity index (χ3v) is 4.29. The van der Waals surface area contributed by atoms with Crippen molar-refractivity contribution in [3.8, 4) is 0 Å². The Hall–Kier alpha value is -1.55. The van der Waals surface area contributed by atoms with Gasteiger partial charge in [0.1, 0.15) is 0 Å². The van der Waals surface area contributed by atoms with Crippen molar-refractivity contribution in [1.29, 1.82) is 0 Å². The Morgan fingerprint density at radius 2 is 1.83 bits per heavy atom. The van der Waals surface area contributed by atoms with Crippen molar-refractivity contribution in [2.75, 3.05) is 0 Å². The average molecular weight is 330 g/mol. The van der Waals surface area contributed by atoms with Crippen LogP contribution in [0.1, 0.15) is 29.3 Å². The molecule has 0 radical (unpaired) electrons. The average Bonchev–Trinajstić information content (AvgIpc) is 2.80. The molecule has 0 aliphatic rings.